The summed E-state index contributed by atoms with van der Waals surface area (Å²) in [5, 5.41) is 11.1. The van der Waals surface area contributed by atoms with Gasteiger partial charge in [0.25, 0.3) is 5.69 Å². The SMILES string of the molecule is C#CC1(c2cc([N+](=O)[O-])ccc2Cl)CC1. The third-order valence-electron chi connectivity index (χ3n) is 2.70. The van der Waals surface area contributed by atoms with Gasteiger partial charge in [0.2, 0.25) is 0 Å². The van der Waals surface area contributed by atoms with E-state index in [-0.39, 0.29) is 11.1 Å². The topological polar surface area (TPSA) is 43.1 Å². The zero-order chi connectivity index (χ0) is 11.1. The zero-order valence-electron chi connectivity index (χ0n) is 7.87. The molecule has 0 atom stereocenters. The Morgan fingerprint density at radius 2 is 2.20 bits per heavy atom. The van der Waals surface area contributed by atoms with E-state index in [0.29, 0.717) is 10.6 Å². The predicted octanol–water partition coefficient (Wildman–Crippen LogP) is 2.91. The lowest BCUT2D eigenvalue weighted by Crippen LogP contribution is -2.04. The average Bonchev–Trinajstić information content (AvgIpc) is 2.99. The lowest BCUT2D eigenvalue weighted by molar-refractivity contribution is -0.384. The van der Waals surface area contributed by atoms with Crippen LogP contribution in [0.4, 0.5) is 5.69 Å². The van der Waals surface area contributed by atoms with Crippen LogP contribution in [0.15, 0.2) is 18.2 Å². The van der Waals surface area contributed by atoms with Crippen LogP contribution in [0.3, 0.4) is 0 Å². The molecule has 0 aliphatic heterocycles. The number of hydrogen-bond acceptors (Lipinski definition) is 2. The molecule has 1 aliphatic rings. The first kappa shape index (κ1) is 10.0. The molecule has 0 heterocycles. The molecule has 0 radical (unpaired) electrons. The summed E-state index contributed by atoms with van der Waals surface area (Å²) in [5.41, 5.74) is 0.389. The van der Waals surface area contributed by atoms with Crippen molar-refractivity contribution in [3.05, 3.63) is 38.9 Å². The second kappa shape index (κ2) is 3.25. The minimum Gasteiger partial charge on any atom is -0.258 e. The lowest BCUT2D eigenvalue weighted by Gasteiger charge is -2.09. The third-order valence-corrected chi connectivity index (χ3v) is 3.03. The van der Waals surface area contributed by atoms with Gasteiger partial charge in [-0.3, -0.25) is 10.1 Å². The van der Waals surface area contributed by atoms with Crippen molar-refractivity contribution in [2.75, 3.05) is 0 Å². The highest BCUT2D eigenvalue weighted by Gasteiger charge is 2.44. The van der Waals surface area contributed by atoms with E-state index in [9.17, 15) is 10.1 Å². The first-order valence-corrected chi connectivity index (χ1v) is 4.89. The summed E-state index contributed by atoms with van der Waals surface area (Å²) in [6.45, 7) is 0. The van der Waals surface area contributed by atoms with Gasteiger partial charge in [0, 0.05) is 17.2 Å². The van der Waals surface area contributed by atoms with Gasteiger partial charge in [-0.1, -0.05) is 17.5 Å². The summed E-state index contributed by atoms with van der Waals surface area (Å²) < 4.78 is 0. The molecule has 1 aromatic rings. The third kappa shape index (κ3) is 1.57. The van der Waals surface area contributed by atoms with E-state index >= 15 is 0 Å². The summed E-state index contributed by atoms with van der Waals surface area (Å²) in [5.74, 6) is 2.67. The largest absolute Gasteiger partial charge is 0.269 e. The van der Waals surface area contributed by atoms with Crippen LogP contribution < -0.4 is 0 Å². The summed E-state index contributed by atoms with van der Waals surface area (Å²) in [6, 6.07) is 4.40. The number of nitro groups is 1. The first-order valence-electron chi connectivity index (χ1n) is 4.51. The number of non-ortho nitro benzene ring substituents is 1. The molecule has 0 unspecified atom stereocenters. The predicted molar refractivity (Wildman–Crippen MR) is 57.9 cm³/mol. The summed E-state index contributed by atoms with van der Waals surface area (Å²) in [6.07, 6.45) is 7.12. The maximum absolute atomic E-state index is 10.6. The van der Waals surface area contributed by atoms with E-state index in [2.05, 4.69) is 5.92 Å². The van der Waals surface area contributed by atoms with Crippen LogP contribution in [0, 0.1) is 22.5 Å². The molecule has 0 bridgehead atoms. The van der Waals surface area contributed by atoms with Gasteiger partial charge in [-0.25, -0.2) is 0 Å². The Hall–Kier alpha value is -1.53. The van der Waals surface area contributed by atoms with Crippen LogP contribution in [0.2, 0.25) is 5.02 Å². The number of nitrogens with zero attached hydrogens (tertiary/aromatic N) is 1. The van der Waals surface area contributed by atoms with Crippen LogP contribution in [-0.4, -0.2) is 4.92 Å². The molecule has 1 aromatic carbocycles. The molecule has 0 spiro atoms. The van der Waals surface area contributed by atoms with Crippen molar-refractivity contribution in [1.29, 1.82) is 0 Å². The second-order valence-electron chi connectivity index (χ2n) is 3.65. The van der Waals surface area contributed by atoms with Crippen LogP contribution in [0.25, 0.3) is 0 Å². The molecule has 0 aromatic heterocycles. The van der Waals surface area contributed by atoms with Crippen LogP contribution >= 0.6 is 11.6 Å². The Bertz CT molecular complexity index is 472. The van der Waals surface area contributed by atoms with E-state index < -0.39 is 4.92 Å². The summed E-state index contributed by atoms with van der Waals surface area (Å²) in [4.78, 5) is 10.2. The molecular formula is C11H8ClNO2. The normalized spacial score (nSPS) is 16.8. The van der Waals surface area contributed by atoms with Gasteiger partial charge in [-0.15, -0.1) is 6.42 Å². The number of nitro benzene ring substituents is 1. The van der Waals surface area contributed by atoms with Gasteiger partial charge in [0.15, 0.2) is 0 Å². The molecular weight excluding hydrogens is 214 g/mol. The number of benzene rings is 1. The van der Waals surface area contributed by atoms with Crippen molar-refractivity contribution in [2.45, 2.75) is 18.3 Å². The quantitative estimate of drug-likeness (QED) is 0.438. The minimum atomic E-state index is -0.438. The number of rotatable bonds is 2. The van der Waals surface area contributed by atoms with E-state index in [1.807, 2.05) is 0 Å². The summed E-state index contributed by atoms with van der Waals surface area (Å²) in [7, 11) is 0. The molecule has 15 heavy (non-hydrogen) atoms. The van der Waals surface area contributed by atoms with Crippen molar-refractivity contribution in [3.63, 3.8) is 0 Å². The number of hydrogen-bond donors (Lipinski definition) is 0. The van der Waals surface area contributed by atoms with Gasteiger partial charge in [0.05, 0.1) is 10.3 Å². The van der Waals surface area contributed by atoms with E-state index in [1.54, 1.807) is 0 Å². The fourth-order valence-corrected chi connectivity index (χ4v) is 1.91. The van der Waals surface area contributed by atoms with Gasteiger partial charge in [-0.2, -0.15) is 0 Å². The smallest absolute Gasteiger partial charge is 0.258 e. The Kier molecular flexibility index (Phi) is 2.17. The van der Waals surface area contributed by atoms with E-state index in [1.165, 1.54) is 18.2 Å². The Morgan fingerprint density at radius 1 is 1.53 bits per heavy atom. The minimum absolute atomic E-state index is 0.0379. The molecule has 1 saturated carbocycles. The maximum Gasteiger partial charge on any atom is 0.269 e. The fraction of sp³-hybridized carbons (Fsp3) is 0.273. The highest BCUT2D eigenvalue weighted by Crippen LogP contribution is 2.50. The Balaban J connectivity index is 2.52. The first-order chi connectivity index (χ1) is 7.09. The molecule has 0 N–H and O–H groups in total. The van der Waals surface area contributed by atoms with Crippen molar-refractivity contribution in [1.82, 2.24) is 0 Å². The highest BCUT2D eigenvalue weighted by molar-refractivity contribution is 6.31. The highest BCUT2D eigenvalue weighted by atomic mass is 35.5. The van der Waals surface area contributed by atoms with Crippen molar-refractivity contribution >= 4 is 17.3 Å². The fourth-order valence-electron chi connectivity index (χ4n) is 1.61. The molecule has 0 saturated heterocycles. The van der Waals surface area contributed by atoms with E-state index in [4.69, 9.17) is 18.0 Å². The van der Waals surface area contributed by atoms with Crippen LogP contribution in [0.1, 0.15) is 18.4 Å². The molecule has 0 amide bonds. The molecule has 76 valence electrons. The molecule has 1 fully saturated rings. The van der Waals surface area contributed by atoms with E-state index in [0.717, 1.165) is 12.8 Å². The summed E-state index contributed by atoms with van der Waals surface area (Å²) >= 11 is 5.99. The Labute approximate surface area is 92.2 Å². The molecule has 4 heteroatoms. The number of terminal acetylenes is 1. The zero-order valence-corrected chi connectivity index (χ0v) is 8.62. The Morgan fingerprint density at radius 3 is 2.67 bits per heavy atom. The van der Waals surface area contributed by atoms with Gasteiger partial charge in [-0.05, 0) is 24.5 Å². The maximum atomic E-state index is 10.6. The van der Waals surface area contributed by atoms with Gasteiger partial charge in [0.1, 0.15) is 0 Å². The van der Waals surface area contributed by atoms with Crippen molar-refractivity contribution < 1.29 is 4.92 Å². The lowest BCUT2D eigenvalue weighted by atomic mass is 9.96. The molecule has 2 rings (SSSR count). The monoisotopic (exact) mass is 221 g/mol. The van der Waals surface area contributed by atoms with Crippen molar-refractivity contribution in [3.8, 4) is 12.3 Å². The van der Waals surface area contributed by atoms with Crippen molar-refractivity contribution in [2.24, 2.45) is 0 Å². The number of halogens is 1. The molecule has 1 aliphatic carbocycles. The van der Waals surface area contributed by atoms with Crippen LogP contribution in [-0.2, 0) is 5.41 Å². The van der Waals surface area contributed by atoms with Gasteiger partial charge >= 0.3 is 0 Å². The average molecular weight is 222 g/mol. The molecule has 3 nitrogen and oxygen atoms in total. The van der Waals surface area contributed by atoms with Crippen LogP contribution in [0.5, 0.6) is 0 Å². The second-order valence-corrected chi connectivity index (χ2v) is 4.05. The standard InChI is InChI=1S/C11H8ClNO2/c1-2-11(5-6-11)9-7-8(13(14)15)3-4-10(9)12/h1,3-4,7H,5-6H2. The van der Waals surface area contributed by atoms with Gasteiger partial charge < -0.3 is 0 Å².